The highest BCUT2D eigenvalue weighted by molar-refractivity contribution is 7.18. The summed E-state index contributed by atoms with van der Waals surface area (Å²) in [5.74, 6) is -1.10. The number of hydrogen-bond donors (Lipinski definition) is 4. The van der Waals surface area contributed by atoms with Gasteiger partial charge in [0.1, 0.15) is 14.9 Å². The number of hydrogen-bond acceptors (Lipinski definition) is 8. The van der Waals surface area contributed by atoms with E-state index in [4.69, 9.17) is 45.4 Å². The van der Waals surface area contributed by atoms with Gasteiger partial charge in [-0.2, -0.15) is 13.2 Å². The number of nitrogens with zero attached hydrogens (tertiary/aromatic N) is 1. The quantitative estimate of drug-likeness (QED) is 0.0782. The summed E-state index contributed by atoms with van der Waals surface area (Å²) in [5.41, 5.74) is 9.51. The van der Waals surface area contributed by atoms with Crippen molar-refractivity contribution < 1.29 is 27.9 Å². The Hall–Kier alpha value is -2.78. The molecule has 1 aliphatic heterocycles. The van der Waals surface area contributed by atoms with E-state index in [1.165, 1.54) is 78.6 Å². The number of nitrogens with one attached hydrogen (secondary N) is 2. The zero-order chi connectivity index (χ0) is 40.0. The van der Waals surface area contributed by atoms with Crippen LogP contribution in [0.4, 0.5) is 18.2 Å². The molecule has 4 aromatic heterocycles. The predicted molar refractivity (Wildman–Crippen MR) is 228 cm³/mol. The maximum Gasteiger partial charge on any atom is 0.436 e. The van der Waals surface area contributed by atoms with Gasteiger partial charge in [0.2, 0.25) is 0 Å². The van der Waals surface area contributed by atoms with Crippen LogP contribution in [-0.2, 0) is 29.8 Å². The molecule has 0 bridgehead atoms. The van der Waals surface area contributed by atoms with Gasteiger partial charge in [-0.05, 0) is 66.3 Å². The molecule has 5 N–H and O–H groups in total. The topological polar surface area (TPSA) is 113 Å². The Morgan fingerprint density at radius 2 is 1.70 bits per heavy atom. The van der Waals surface area contributed by atoms with Crippen molar-refractivity contribution in [2.24, 2.45) is 10.9 Å². The molecular weight excluding hydrogens is 844 g/mol. The van der Waals surface area contributed by atoms with Gasteiger partial charge in [0, 0.05) is 29.6 Å². The van der Waals surface area contributed by atoms with E-state index in [0.29, 0.717) is 41.2 Å². The summed E-state index contributed by atoms with van der Waals surface area (Å²) in [5, 5.41) is 21.0. The van der Waals surface area contributed by atoms with Gasteiger partial charge in [-0.15, -0.1) is 34.0 Å². The molecule has 0 spiro atoms. The van der Waals surface area contributed by atoms with Crippen LogP contribution >= 0.6 is 68.8 Å². The molecule has 7 nitrogen and oxygen atoms in total. The number of aromatic carboxylic acids is 1. The molecule has 5 aromatic rings. The molecule has 0 fully saturated rings. The fourth-order valence-corrected chi connectivity index (χ4v) is 11.4. The summed E-state index contributed by atoms with van der Waals surface area (Å²) in [4.78, 5) is 20.4. The molecule has 1 unspecified atom stereocenters. The average Bonchev–Trinajstić information content (AvgIpc) is 4.01. The zero-order valence-electron chi connectivity index (χ0n) is 30.9. The molecule has 0 saturated carbocycles. The highest BCUT2D eigenvalue weighted by Gasteiger charge is 2.64. The van der Waals surface area contributed by atoms with Crippen molar-refractivity contribution in [2.45, 2.75) is 109 Å². The van der Waals surface area contributed by atoms with Gasteiger partial charge in [0.25, 0.3) is 5.60 Å². The van der Waals surface area contributed by atoms with Gasteiger partial charge in [-0.25, -0.2) is 4.79 Å². The van der Waals surface area contributed by atoms with E-state index in [-0.39, 0.29) is 29.8 Å². The first-order valence-electron chi connectivity index (χ1n) is 18.9. The largest absolute Gasteiger partial charge is 0.477 e. The summed E-state index contributed by atoms with van der Waals surface area (Å²) in [7, 11) is 0. The van der Waals surface area contributed by atoms with E-state index >= 15 is 0 Å². The molecule has 56 heavy (non-hydrogen) atoms. The van der Waals surface area contributed by atoms with Crippen LogP contribution < -0.4 is 11.1 Å². The minimum absolute atomic E-state index is 0.0506. The number of aromatic amines is 1. The summed E-state index contributed by atoms with van der Waals surface area (Å²) >= 11 is 21.1. The lowest BCUT2D eigenvalue weighted by molar-refractivity contribution is -0.274. The number of oxime groups is 1. The number of halogens is 6. The molecule has 0 amide bonds. The van der Waals surface area contributed by atoms with Crippen molar-refractivity contribution in [1.82, 2.24) is 4.98 Å². The maximum absolute atomic E-state index is 14.2. The fraction of sp³-hybridized carbons (Fsp3) is 0.450. The van der Waals surface area contributed by atoms with Crippen LogP contribution in [0.15, 0.2) is 40.9 Å². The number of thiophene rings is 3. The number of rotatable bonds is 15. The zero-order valence-corrected chi connectivity index (χ0v) is 35.6. The summed E-state index contributed by atoms with van der Waals surface area (Å²) in [6, 6.07) is 10.6. The molecule has 1 aliphatic carbocycles. The van der Waals surface area contributed by atoms with Gasteiger partial charge in [-0.3, -0.25) is 0 Å². The van der Waals surface area contributed by atoms with E-state index in [9.17, 15) is 23.1 Å². The number of carbonyl (C=O) groups is 1. The van der Waals surface area contributed by atoms with Crippen molar-refractivity contribution >= 4 is 96.4 Å². The smallest absolute Gasteiger partial charge is 0.436 e. The number of para-hydroxylation sites is 1. The van der Waals surface area contributed by atoms with Crippen LogP contribution in [0, 0.1) is 0 Å². The second-order valence-corrected chi connectivity index (χ2v) is 18.3. The molecule has 5 heterocycles. The van der Waals surface area contributed by atoms with Crippen LogP contribution in [0.5, 0.6) is 0 Å². The van der Waals surface area contributed by atoms with Crippen molar-refractivity contribution in [2.75, 3.05) is 11.9 Å². The number of fused-ring (bicyclic) bond motifs is 2. The Kier molecular flexibility index (Phi) is 14.4. The maximum atomic E-state index is 14.2. The highest BCUT2D eigenvalue weighted by Crippen LogP contribution is 2.56. The molecule has 0 saturated heterocycles. The third kappa shape index (κ3) is 8.94. The first-order valence-corrected chi connectivity index (χ1v) is 22.5. The van der Waals surface area contributed by atoms with Crippen LogP contribution in [0.3, 0.4) is 0 Å². The number of carboxylic acids is 1. The van der Waals surface area contributed by atoms with Gasteiger partial charge in [-0.1, -0.05) is 110 Å². The minimum Gasteiger partial charge on any atom is -0.477 e. The van der Waals surface area contributed by atoms with Crippen LogP contribution in [-0.4, -0.2) is 34.5 Å². The molecular formula is C40H44Cl3F3N4O3S3. The number of H-pyrrole nitrogens is 1. The average molecular weight is 888 g/mol. The van der Waals surface area contributed by atoms with Gasteiger partial charge < -0.3 is 26.0 Å². The van der Waals surface area contributed by atoms with E-state index in [0.717, 1.165) is 41.8 Å². The molecule has 1 atom stereocenters. The minimum atomic E-state index is -4.85. The summed E-state index contributed by atoms with van der Waals surface area (Å²) < 4.78 is 42.4. The van der Waals surface area contributed by atoms with Crippen LogP contribution in [0.25, 0.3) is 22.2 Å². The summed E-state index contributed by atoms with van der Waals surface area (Å²) in [6.07, 6.45) is 8.16. The lowest BCUT2D eigenvalue weighted by atomic mass is 9.88. The second kappa shape index (κ2) is 18.9. The molecule has 16 heteroatoms. The summed E-state index contributed by atoms with van der Waals surface area (Å²) in [6.45, 7) is 3.87. The molecule has 2 aliphatic rings. The Morgan fingerprint density at radius 1 is 1.00 bits per heavy atom. The third-order valence-corrected chi connectivity index (χ3v) is 15.2. The van der Waals surface area contributed by atoms with E-state index < -0.39 is 24.2 Å². The molecule has 0 radical (unpaired) electrons. The molecule has 7 rings (SSSR count). The Morgan fingerprint density at radius 3 is 2.36 bits per heavy atom. The number of carboxylic acid groups (broad SMARTS) is 1. The van der Waals surface area contributed by atoms with Crippen LogP contribution in [0.1, 0.15) is 114 Å². The Bertz CT molecular complexity index is 2180. The van der Waals surface area contributed by atoms with Gasteiger partial charge >= 0.3 is 12.1 Å². The third-order valence-electron chi connectivity index (χ3n) is 10.3. The molecule has 302 valence electrons. The van der Waals surface area contributed by atoms with Crippen LogP contribution in [0.2, 0.25) is 14.4 Å². The van der Waals surface area contributed by atoms with Gasteiger partial charge in [0.05, 0.1) is 36.9 Å². The monoisotopic (exact) mass is 886 g/mol. The Balaban J connectivity index is 0.000000190. The highest BCUT2D eigenvalue weighted by atomic mass is 35.5. The normalized spacial score (nSPS) is 16.7. The van der Waals surface area contributed by atoms with Crippen molar-refractivity contribution in [3.05, 3.63) is 81.4 Å². The van der Waals surface area contributed by atoms with Crippen molar-refractivity contribution in [3.8, 4) is 11.3 Å². The first-order chi connectivity index (χ1) is 26.9. The first kappa shape index (κ1) is 42.8. The Labute approximate surface area is 351 Å². The number of nitrogens with two attached hydrogens (primary N) is 1. The fourth-order valence-electron chi connectivity index (χ4n) is 7.37. The van der Waals surface area contributed by atoms with Crippen molar-refractivity contribution in [1.29, 1.82) is 0 Å². The van der Waals surface area contributed by atoms with Gasteiger partial charge in [0.15, 0.2) is 0 Å². The lowest BCUT2D eigenvalue weighted by Gasteiger charge is -2.28. The number of alkyl halides is 3. The standard InChI is InChI=1S/C23H33N3S.C17H11Cl3F3NO3S2/c1-2-3-4-5-6-7-8-11-15-25-23-19(14-16-27-23)22-20(17-24)18-12-9-10-13-21(18)26-22;18-9-10(19)14(20)29-13(9)16(17(21,22)23)5-8(24-27-16)11-6-3-1-2-4-7(6)12(28-11)15(25)26/h9-10,12-14,16,25-26H,2-8,11,15,17,24H2,1H3;1-5H2,(H,25,26). The molecule has 1 aromatic carbocycles. The lowest BCUT2D eigenvalue weighted by Crippen LogP contribution is -2.42. The SMILES string of the molecule is CCCCCCCCCCNc1sccc1-c1[nH]c2ccccc2c1CN.O=C(O)c1sc(C2=NOC(c3sc(Cl)c(Cl)c3Cl)(C(F)(F)F)C2)c2c1CCCC2. The van der Waals surface area contributed by atoms with Crippen molar-refractivity contribution in [3.63, 3.8) is 0 Å². The van der Waals surface area contributed by atoms with E-state index in [1.807, 2.05) is 0 Å². The number of unbranched alkanes of at least 4 members (excludes halogenated alkanes) is 7. The number of benzene rings is 1. The van der Waals surface area contributed by atoms with E-state index in [1.54, 1.807) is 11.3 Å². The number of anilines is 1. The number of aromatic nitrogens is 1. The van der Waals surface area contributed by atoms with E-state index in [2.05, 4.69) is 58.1 Å². The second-order valence-electron chi connectivity index (χ2n) is 14.0. The predicted octanol–water partition coefficient (Wildman–Crippen LogP) is 13.8.